The van der Waals surface area contributed by atoms with Crippen LogP contribution in [0.3, 0.4) is 0 Å². The largest absolute Gasteiger partial charge is 0.494 e. The Labute approximate surface area is 190 Å². The van der Waals surface area contributed by atoms with E-state index in [0.717, 1.165) is 13.2 Å². The van der Waals surface area contributed by atoms with Crippen molar-refractivity contribution < 1.29 is 36.4 Å². The van der Waals surface area contributed by atoms with E-state index in [1.807, 2.05) is 0 Å². The van der Waals surface area contributed by atoms with Crippen LogP contribution >= 0.6 is 0 Å². The number of carbonyl (C=O) groups excluding carboxylic acids is 2. The summed E-state index contributed by atoms with van der Waals surface area (Å²) in [7, 11) is -1.83. The maximum atomic E-state index is 12.8. The Morgan fingerprint density at radius 2 is 1.82 bits per heavy atom. The third-order valence-electron chi connectivity index (χ3n) is 3.79. The summed E-state index contributed by atoms with van der Waals surface area (Å²) in [5.41, 5.74) is 5.72. The Hall–Kier alpha value is -3.84. The number of hydrogen-bond acceptors (Lipinski definition) is 9. The Bertz CT molecular complexity index is 1130. The number of carbonyl (C=O) groups is 2. The highest BCUT2D eigenvalue weighted by atomic mass is 32.2. The summed E-state index contributed by atoms with van der Waals surface area (Å²) in [6.45, 7) is 1.94. The van der Waals surface area contributed by atoms with Gasteiger partial charge in [-0.2, -0.15) is 8.42 Å². The van der Waals surface area contributed by atoms with E-state index in [1.54, 1.807) is 19.1 Å². The Kier molecular flexibility index (Phi) is 9.00. The molecule has 2 aromatic carbocycles. The van der Waals surface area contributed by atoms with Crippen molar-refractivity contribution in [1.82, 2.24) is 5.32 Å². The molecule has 0 atom stereocenters. The van der Waals surface area contributed by atoms with E-state index in [2.05, 4.69) is 20.4 Å². The molecular weight excluding hydrogens is 456 g/mol. The van der Waals surface area contributed by atoms with Crippen LogP contribution in [0.25, 0.3) is 0 Å². The zero-order chi connectivity index (χ0) is 24.4. The summed E-state index contributed by atoms with van der Waals surface area (Å²) in [4.78, 5) is 27.0. The molecular formula is C20H24N4O8S. The number of nitrogens with two attached hydrogens (primary N) is 1. The first kappa shape index (κ1) is 25.4. The minimum Gasteiger partial charge on any atom is -0.494 e. The zero-order valence-electron chi connectivity index (χ0n) is 18.2. The van der Waals surface area contributed by atoms with Crippen molar-refractivity contribution in [2.75, 3.05) is 32.8 Å². The number of ether oxygens (including phenoxy) is 3. The molecule has 0 aromatic heterocycles. The van der Waals surface area contributed by atoms with Crippen molar-refractivity contribution in [2.45, 2.75) is 11.8 Å². The van der Waals surface area contributed by atoms with Gasteiger partial charge in [0.1, 0.15) is 23.0 Å². The summed E-state index contributed by atoms with van der Waals surface area (Å²) in [6, 6.07) is 9.76. The van der Waals surface area contributed by atoms with Crippen molar-refractivity contribution in [3.8, 4) is 11.5 Å². The molecule has 0 spiro atoms. The first-order chi connectivity index (χ1) is 15.7. The van der Waals surface area contributed by atoms with Crippen LogP contribution in [0.4, 0.5) is 16.2 Å². The molecule has 0 unspecified atom stereocenters. The summed E-state index contributed by atoms with van der Waals surface area (Å²) in [5, 5.41) is 4.65. The highest BCUT2D eigenvalue weighted by Gasteiger charge is 2.20. The van der Waals surface area contributed by atoms with Crippen molar-refractivity contribution >= 4 is 39.5 Å². The van der Waals surface area contributed by atoms with E-state index >= 15 is 0 Å². The number of hydrogen-bond donors (Lipinski definition) is 3. The monoisotopic (exact) mass is 480 g/mol. The van der Waals surface area contributed by atoms with Gasteiger partial charge in [0.05, 0.1) is 25.1 Å². The quantitative estimate of drug-likeness (QED) is 0.275. The van der Waals surface area contributed by atoms with E-state index < -0.39 is 28.1 Å². The lowest BCUT2D eigenvalue weighted by molar-refractivity contribution is -0.119. The molecule has 33 heavy (non-hydrogen) atoms. The molecule has 13 heteroatoms. The summed E-state index contributed by atoms with van der Waals surface area (Å²) in [6.07, 6.45) is -0.887. The maximum absolute atomic E-state index is 12.8. The molecule has 0 fully saturated rings. The number of guanidine groups is 1. The Balaban J connectivity index is 2.42. The normalized spacial score (nSPS) is 11.4. The van der Waals surface area contributed by atoms with Gasteiger partial charge in [-0.05, 0) is 37.3 Å². The number of aliphatic imine (C=N–C) groups is 1. The fourth-order valence-corrected chi connectivity index (χ4v) is 3.40. The van der Waals surface area contributed by atoms with Crippen molar-refractivity contribution in [3.05, 3.63) is 42.5 Å². The van der Waals surface area contributed by atoms with Crippen LogP contribution < -0.4 is 25.3 Å². The number of nitrogens with one attached hydrogen (secondary N) is 2. The van der Waals surface area contributed by atoms with Crippen LogP contribution in [0, 0.1) is 0 Å². The van der Waals surface area contributed by atoms with Crippen LogP contribution in [0.1, 0.15) is 6.92 Å². The summed E-state index contributed by atoms with van der Waals surface area (Å²) < 4.78 is 45.4. The molecule has 0 aliphatic carbocycles. The third-order valence-corrected chi connectivity index (χ3v) is 5.03. The zero-order valence-corrected chi connectivity index (χ0v) is 19.0. The summed E-state index contributed by atoms with van der Waals surface area (Å²) >= 11 is 0. The fraction of sp³-hybridized carbons (Fsp3) is 0.250. The van der Waals surface area contributed by atoms with E-state index in [4.69, 9.17) is 19.4 Å². The lowest BCUT2D eigenvalue weighted by atomic mass is 10.2. The van der Waals surface area contributed by atoms with Gasteiger partial charge in [0.2, 0.25) is 11.9 Å². The number of nitrogens with zero attached hydrogens (tertiary/aromatic N) is 1. The van der Waals surface area contributed by atoms with Crippen molar-refractivity contribution in [1.29, 1.82) is 0 Å². The van der Waals surface area contributed by atoms with Crippen LogP contribution in [0.2, 0.25) is 0 Å². The van der Waals surface area contributed by atoms with Gasteiger partial charge in [-0.15, -0.1) is 0 Å². The number of amides is 2. The highest BCUT2D eigenvalue weighted by molar-refractivity contribution is 7.87. The Morgan fingerprint density at radius 3 is 2.48 bits per heavy atom. The lowest BCUT2D eigenvalue weighted by Gasteiger charge is -2.12. The molecule has 0 aliphatic rings. The molecule has 0 saturated heterocycles. The maximum Gasteiger partial charge on any atom is 0.413 e. The number of alkyl carbamates (subject to hydrolysis) is 1. The van der Waals surface area contributed by atoms with Gasteiger partial charge >= 0.3 is 16.2 Å². The van der Waals surface area contributed by atoms with Crippen molar-refractivity contribution in [2.24, 2.45) is 10.7 Å². The van der Waals surface area contributed by atoms with Gasteiger partial charge in [0.15, 0.2) is 0 Å². The molecule has 0 heterocycles. The first-order valence-corrected chi connectivity index (χ1v) is 10.9. The average Bonchev–Trinajstić information content (AvgIpc) is 2.75. The van der Waals surface area contributed by atoms with Crippen LogP contribution in [0.15, 0.2) is 52.4 Å². The molecule has 0 saturated carbocycles. The van der Waals surface area contributed by atoms with Crippen LogP contribution in [0.5, 0.6) is 11.5 Å². The molecule has 2 amide bonds. The topological polar surface area (TPSA) is 168 Å². The van der Waals surface area contributed by atoms with Gasteiger partial charge in [0.25, 0.3) is 0 Å². The average molecular weight is 480 g/mol. The second-order valence-electron chi connectivity index (χ2n) is 6.22. The number of anilines is 1. The van der Waals surface area contributed by atoms with Crippen molar-refractivity contribution in [3.63, 3.8) is 0 Å². The predicted molar refractivity (Wildman–Crippen MR) is 119 cm³/mol. The number of rotatable bonds is 9. The minimum absolute atomic E-state index is 0.0374. The molecule has 0 aliphatic heterocycles. The summed E-state index contributed by atoms with van der Waals surface area (Å²) in [5.74, 6) is -0.444. The highest BCUT2D eigenvalue weighted by Crippen LogP contribution is 2.30. The molecule has 178 valence electrons. The van der Waals surface area contributed by atoms with Gasteiger partial charge in [0, 0.05) is 13.2 Å². The smallest absolute Gasteiger partial charge is 0.413 e. The standard InChI is InChI=1S/C20H24N4O8S/c1-4-31-13-6-5-7-14(10-13)32-33(27,28)15-8-9-16(22-18(25)12-29-2)17(11-15)23-19(21)24-20(26)30-3/h5-11H,4,12H2,1-3H3,(H,22,25)(H3,21,23,24,26). The molecule has 12 nitrogen and oxygen atoms in total. The number of methoxy groups -OCH3 is 2. The van der Waals surface area contributed by atoms with E-state index in [1.165, 1.54) is 31.4 Å². The fourth-order valence-electron chi connectivity index (χ4n) is 2.45. The Morgan fingerprint density at radius 1 is 1.09 bits per heavy atom. The van der Waals surface area contributed by atoms with Gasteiger partial charge in [-0.3, -0.25) is 10.1 Å². The van der Waals surface area contributed by atoms with Crippen LogP contribution in [-0.2, 0) is 24.4 Å². The molecule has 2 aromatic rings. The first-order valence-electron chi connectivity index (χ1n) is 9.47. The predicted octanol–water partition coefficient (Wildman–Crippen LogP) is 1.74. The molecule has 0 bridgehead atoms. The lowest BCUT2D eigenvalue weighted by Crippen LogP contribution is -2.36. The minimum atomic E-state index is -4.30. The second kappa shape index (κ2) is 11.7. The van der Waals surface area contributed by atoms with Gasteiger partial charge in [-0.25, -0.2) is 9.79 Å². The molecule has 2 rings (SSSR count). The van der Waals surface area contributed by atoms with E-state index in [-0.39, 0.29) is 28.6 Å². The van der Waals surface area contributed by atoms with E-state index in [0.29, 0.717) is 12.4 Å². The van der Waals surface area contributed by atoms with Crippen LogP contribution in [-0.4, -0.2) is 53.8 Å². The van der Waals surface area contributed by atoms with E-state index in [9.17, 15) is 18.0 Å². The van der Waals surface area contributed by atoms with Gasteiger partial charge < -0.3 is 29.4 Å². The molecule has 0 radical (unpaired) electrons. The second-order valence-corrected chi connectivity index (χ2v) is 7.77. The molecule has 4 N–H and O–H groups in total. The van der Waals surface area contributed by atoms with Gasteiger partial charge in [-0.1, -0.05) is 6.07 Å². The third kappa shape index (κ3) is 7.66. The SMILES string of the molecule is CCOc1cccc(OS(=O)(=O)c2ccc(NC(=O)COC)c(N=C(N)NC(=O)OC)c2)c1. The number of benzene rings is 2.